The summed E-state index contributed by atoms with van der Waals surface area (Å²) >= 11 is 0. The van der Waals surface area contributed by atoms with Gasteiger partial charge in [-0.15, -0.1) is 5.10 Å². The van der Waals surface area contributed by atoms with E-state index in [2.05, 4.69) is 20.5 Å². The fourth-order valence-electron chi connectivity index (χ4n) is 1.85. The molecule has 0 spiro atoms. The smallest absolute Gasteiger partial charge is 0.279 e. The number of aromatic nitrogens is 4. The van der Waals surface area contributed by atoms with Crippen molar-refractivity contribution in [1.82, 2.24) is 20.0 Å². The number of rotatable bonds is 3. The van der Waals surface area contributed by atoms with Gasteiger partial charge in [-0.3, -0.25) is 4.79 Å². The number of nitrogens with zero attached hydrogens (tertiary/aromatic N) is 4. The Morgan fingerprint density at radius 2 is 1.90 bits per heavy atom. The van der Waals surface area contributed by atoms with E-state index in [9.17, 15) is 4.79 Å². The number of carbonyl (C=O) groups is 1. The molecule has 1 N–H and O–H groups in total. The minimum absolute atomic E-state index is 0.238. The molecule has 0 unspecified atom stereocenters. The second kappa shape index (κ2) is 5.54. The van der Waals surface area contributed by atoms with Crippen LogP contribution in [0.2, 0.25) is 0 Å². The van der Waals surface area contributed by atoms with Gasteiger partial charge in [0.25, 0.3) is 5.91 Å². The highest BCUT2D eigenvalue weighted by Crippen LogP contribution is 2.07. The molecule has 0 radical (unpaired) electrons. The zero-order valence-corrected chi connectivity index (χ0v) is 11.4. The van der Waals surface area contributed by atoms with Crippen LogP contribution in [0.15, 0.2) is 54.7 Å². The Morgan fingerprint density at radius 3 is 2.67 bits per heavy atom. The molecule has 21 heavy (non-hydrogen) atoms. The van der Waals surface area contributed by atoms with Crippen LogP contribution >= 0.6 is 0 Å². The van der Waals surface area contributed by atoms with Crippen LogP contribution in [0.1, 0.15) is 16.2 Å². The average molecular weight is 279 g/mol. The van der Waals surface area contributed by atoms with E-state index >= 15 is 0 Å². The number of aryl methyl sites for hydroxylation is 1. The van der Waals surface area contributed by atoms with Gasteiger partial charge in [-0.25, -0.2) is 4.98 Å². The molecule has 1 aromatic carbocycles. The third-order valence-electron chi connectivity index (χ3n) is 2.84. The Kier molecular flexibility index (Phi) is 3.42. The van der Waals surface area contributed by atoms with Crippen LogP contribution in [-0.2, 0) is 0 Å². The van der Waals surface area contributed by atoms with E-state index < -0.39 is 0 Å². The summed E-state index contributed by atoms with van der Waals surface area (Å²) in [5.74, 6) is 0.157. The third kappa shape index (κ3) is 2.94. The normalized spacial score (nSPS) is 10.3. The Labute approximate surface area is 121 Å². The molecule has 2 aromatic heterocycles. The number of hydrogen-bond acceptors (Lipinski definition) is 4. The number of pyridine rings is 1. The first-order chi connectivity index (χ1) is 10.2. The molecule has 1 amide bonds. The Morgan fingerprint density at radius 1 is 1.10 bits per heavy atom. The first-order valence-corrected chi connectivity index (χ1v) is 6.45. The van der Waals surface area contributed by atoms with Crippen LogP contribution in [0.4, 0.5) is 5.82 Å². The van der Waals surface area contributed by atoms with Gasteiger partial charge in [0.1, 0.15) is 5.82 Å². The van der Waals surface area contributed by atoms with Crippen molar-refractivity contribution in [1.29, 1.82) is 0 Å². The summed E-state index contributed by atoms with van der Waals surface area (Å²) in [5.41, 5.74) is 1.87. The topological polar surface area (TPSA) is 72.7 Å². The van der Waals surface area contributed by atoms with Crippen molar-refractivity contribution in [3.05, 3.63) is 66.1 Å². The molecule has 0 aliphatic heterocycles. The maximum atomic E-state index is 12.1. The first-order valence-electron chi connectivity index (χ1n) is 6.45. The number of para-hydroxylation sites is 1. The summed E-state index contributed by atoms with van der Waals surface area (Å²) < 4.78 is 0. The lowest BCUT2D eigenvalue weighted by molar-refractivity contribution is 0.102. The molecule has 0 aliphatic rings. The summed E-state index contributed by atoms with van der Waals surface area (Å²) in [7, 11) is 0. The lowest BCUT2D eigenvalue weighted by atomic mass is 10.3. The summed E-state index contributed by atoms with van der Waals surface area (Å²) in [6.07, 6.45) is 1.43. The number of benzene rings is 1. The van der Waals surface area contributed by atoms with Gasteiger partial charge in [0.15, 0.2) is 5.69 Å². The highest BCUT2D eigenvalue weighted by molar-refractivity contribution is 6.02. The van der Waals surface area contributed by atoms with E-state index in [1.807, 2.05) is 49.4 Å². The average Bonchev–Trinajstić information content (AvgIpc) is 2.98. The maximum Gasteiger partial charge on any atom is 0.279 e. The molecule has 6 heteroatoms. The van der Waals surface area contributed by atoms with Crippen LogP contribution in [-0.4, -0.2) is 25.9 Å². The van der Waals surface area contributed by atoms with Crippen LogP contribution in [0.25, 0.3) is 5.69 Å². The zero-order valence-electron chi connectivity index (χ0n) is 11.4. The molecule has 2 heterocycles. The molecule has 0 saturated carbocycles. The minimum atomic E-state index is -0.338. The number of carbonyl (C=O) groups excluding carboxylic acids is 1. The summed E-state index contributed by atoms with van der Waals surface area (Å²) in [5, 5.41) is 11.0. The number of hydrogen-bond donors (Lipinski definition) is 1. The van der Waals surface area contributed by atoms with Gasteiger partial charge in [0, 0.05) is 5.69 Å². The molecule has 104 valence electrons. The van der Waals surface area contributed by atoms with Crippen molar-refractivity contribution < 1.29 is 4.79 Å². The van der Waals surface area contributed by atoms with E-state index in [1.165, 1.54) is 11.0 Å². The lowest BCUT2D eigenvalue weighted by Crippen LogP contribution is -2.14. The highest BCUT2D eigenvalue weighted by Gasteiger charge is 2.12. The van der Waals surface area contributed by atoms with E-state index in [4.69, 9.17) is 0 Å². The van der Waals surface area contributed by atoms with Crippen LogP contribution in [0.5, 0.6) is 0 Å². The quantitative estimate of drug-likeness (QED) is 0.798. The summed E-state index contributed by atoms with van der Waals surface area (Å²) in [6, 6.07) is 14.8. The van der Waals surface area contributed by atoms with E-state index in [-0.39, 0.29) is 11.6 Å². The fraction of sp³-hybridized carbons (Fsp3) is 0.0667. The number of nitrogens with one attached hydrogen (secondary N) is 1. The molecule has 6 nitrogen and oxygen atoms in total. The third-order valence-corrected chi connectivity index (χ3v) is 2.84. The van der Waals surface area contributed by atoms with Gasteiger partial charge in [-0.2, -0.15) is 9.90 Å². The minimum Gasteiger partial charge on any atom is -0.305 e. The standard InChI is InChI=1S/C15H13N5O/c1-11-6-5-9-14(17-11)18-15(21)13-10-16-20(19-13)12-7-3-2-4-8-12/h2-10H,1H3,(H,17,18,21). The zero-order chi connectivity index (χ0) is 14.7. The van der Waals surface area contributed by atoms with Crippen molar-refractivity contribution in [2.24, 2.45) is 0 Å². The van der Waals surface area contributed by atoms with E-state index in [0.717, 1.165) is 11.4 Å². The largest absolute Gasteiger partial charge is 0.305 e. The van der Waals surface area contributed by atoms with Gasteiger partial charge in [-0.05, 0) is 31.2 Å². The van der Waals surface area contributed by atoms with Crippen LogP contribution < -0.4 is 5.32 Å². The van der Waals surface area contributed by atoms with Crippen molar-refractivity contribution >= 4 is 11.7 Å². The predicted octanol–water partition coefficient (Wildman–Crippen LogP) is 2.22. The highest BCUT2D eigenvalue weighted by atomic mass is 16.2. The van der Waals surface area contributed by atoms with Crippen molar-refractivity contribution in [2.75, 3.05) is 5.32 Å². The predicted molar refractivity (Wildman–Crippen MR) is 78.3 cm³/mol. The Balaban J connectivity index is 1.78. The SMILES string of the molecule is Cc1cccc(NC(=O)c2cnn(-c3ccccc3)n2)n1. The molecule has 3 rings (SSSR count). The van der Waals surface area contributed by atoms with E-state index in [1.54, 1.807) is 6.07 Å². The van der Waals surface area contributed by atoms with Crippen molar-refractivity contribution in [3.8, 4) is 5.69 Å². The number of amides is 1. The molecule has 3 aromatic rings. The van der Waals surface area contributed by atoms with Gasteiger partial charge < -0.3 is 5.32 Å². The monoisotopic (exact) mass is 279 g/mol. The van der Waals surface area contributed by atoms with Crippen LogP contribution in [0, 0.1) is 6.92 Å². The Bertz CT molecular complexity index is 766. The fourth-order valence-corrected chi connectivity index (χ4v) is 1.85. The molecule has 0 saturated heterocycles. The second-order valence-corrected chi connectivity index (χ2v) is 4.47. The summed E-state index contributed by atoms with van der Waals surface area (Å²) in [6.45, 7) is 1.86. The van der Waals surface area contributed by atoms with E-state index in [0.29, 0.717) is 5.82 Å². The second-order valence-electron chi connectivity index (χ2n) is 4.47. The molecular formula is C15H13N5O. The number of anilines is 1. The van der Waals surface area contributed by atoms with Crippen molar-refractivity contribution in [2.45, 2.75) is 6.92 Å². The van der Waals surface area contributed by atoms with Crippen molar-refractivity contribution in [3.63, 3.8) is 0 Å². The molecular weight excluding hydrogens is 266 g/mol. The molecule has 0 fully saturated rings. The van der Waals surface area contributed by atoms with Gasteiger partial charge >= 0.3 is 0 Å². The van der Waals surface area contributed by atoms with Gasteiger partial charge in [0.05, 0.1) is 11.9 Å². The van der Waals surface area contributed by atoms with Gasteiger partial charge in [-0.1, -0.05) is 24.3 Å². The molecule has 0 bridgehead atoms. The molecule has 0 aliphatic carbocycles. The molecule has 0 atom stereocenters. The maximum absolute atomic E-state index is 12.1. The lowest BCUT2D eigenvalue weighted by Gasteiger charge is -2.02. The van der Waals surface area contributed by atoms with Gasteiger partial charge in [0.2, 0.25) is 0 Å². The summed E-state index contributed by atoms with van der Waals surface area (Å²) in [4.78, 5) is 17.7. The Hall–Kier alpha value is -3.02. The first kappa shape index (κ1) is 13.0. The van der Waals surface area contributed by atoms with Crippen LogP contribution in [0.3, 0.4) is 0 Å².